The van der Waals surface area contributed by atoms with Gasteiger partial charge in [0.15, 0.2) is 11.6 Å². The van der Waals surface area contributed by atoms with Gasteiger partial charge >= 0.3 is 0 Å². The highest BCUT2D eigenvalue weighted by atomic mass is 19.3. The highest BCUT2D eigenvalue weighted by Crippen LogP contribution is 2.37. The summed E-state index contributed by atoms with van der Waals surface area (Å²) in [7, 11) is 0. The van der Waals surface area contributed by atoms with E-state index in [1.165, 1.54) is 10.6 Å². The average Bonchev–Trinajstić information content (AvgIpc) is 3.52. The smallest absolute Gasteiger partial charge is 0.259 e. The normalized spacial score (nSPS) is 18.3. The summed E-state index contributed by atoms with van der Waals surface area (Å²) in [5.74, 6) is -0.542. The number of piperazine rings is 1. The summed E-state index contributed by atoms with van der Waals surface area (Å²) in [5, 5.41) is 2.97. The quantitative estimate of drug-likeness (QED) is 0.338. The van der Waals surface area contributed by atoms with Gasteiger partial charge < -0.3 is 14.8 Å². The fraction of sp³-hybridized carbons (Fsp3) is 0.407. The number of benzene rings is 1. The van der Waals surface area contributed by atoms with Crippen LogP contribution in [0.4, 0.5) is 29.3 Å². The first-order chi connectivity index (χ1) is 18.9. The molecular weight excluding hydrogens is 512 g/mol. The number of hydrogen-bond acceptors (Lipinski definition) is 7. The molecule has 1 aromatic carbocycles. The van der Waals surface area contributed by atoms with Crippen molar-refractivity contribution in [3.63, 3.8) is 0 Å². The van der Waals surface area contributed by atoms with Gasteiger partial charge in [0, 0.05) is 50.9 Å². The summed E-state index contributed by atoms with van der Waals surface area (Å²) in [6, 6.07) is 5.25. The van der Waals surface area contributed by atoms with Gasteiger partial charge in [0.25, 0.3) is 6.43 Å². The van der Waals surface area contributed by atoms with E-state index in [0.29, 0.717) is 18.1 Å². The average molecular weight is 541 g/mol. The first-order valence-electron chi connectivity index (χ1n) is 13.1. The summed E-state index contributed by atoms with van der Waals surface area (Å²) in [5.41, 5.74) is 1.22. The topological polar surface area (TPSA) is 75.0 Å². The lowest BCUT2D eigenvalue weighted by Crippen LogP contribution is -2.45. The van der Waals surface area contributed by atoms with E-state index in [-0.39, 0.29) is 34.7 Å². The molecule has 3 aromatic heterocycles. The molecule has 0 radical (unpaired) electrons. The van der Waals surface area contributed by atoms with Crippen molar-refractivity contribution in [2.24, 2.45) is 0 Å². The Morgan fingerprint density at radius 2 is 1.77 bits per heavy atom. The van der Waals surface area contributed by atoms with E-state index in [2.05, 4.69) is 42.0 Å². The molecule has 8 nitrogen and oxygen atoms in total. The van der Waals surface area contributed by atoms with Crippen molar-refractivity contribution in [3.05, 3.63) is 59.7 Å². The number of fused-ring (bicyclic) bond motifs is 3. The van der Waals surface area contributed by atoms with Crippen LogP contribution in [0.1, 0.15) is 30.8 Å². The number of pyridine rings is 1. The van der Waals surface area contributed by atoms with Crippen LogP contribution in [-0.2, 0) is 13.0 Å². The molecule has 204 valence electrons. The summed E-state index contributed by atoms with van der Waals surface area (Å²) >= 11 is 0. The second kappa shape index (κ2) is 10.5. The van der Waals surface area contributed by atoms with Crippen LogP contribution in [0.5, 0.6) is 0 Å². The van der Waals surface area contributed by atoms with Gasteiger partial charge in [0.05, 0.1) is 17.8 Å². The molecule has 1 N–H and O–H groups in total. The van der Waals surface area contributed by atoms with Crippen molar-refractivity contribution in [2.75, 3.05) is 38.0 Å². The highest BCUT2D eigenvalue weighted by Gasteiger charge is 2.33. The van der Waals surface area contributed by atoms with Gasteiger partial charge in [-0.3, -0.25) is 4.90 Å². The monoisotopic (exact) mass is 540 g/mol. The number of rotatable bonds is 7. The molecule has 0 aliphatic carbocycles. The van der Waals surface area contributed by atoms with Crippen LogP contribution in [0.25, 0.3) is 22.3 Å². The van der Waals surface area contributed by atoms with Crippen LogP contribution >= 0.6 is 0 Å². The zero-order chi connectivity index (χ0) is 27.1. The van der Waals surface area contributed by atoms with Crippen molar-refractivity contribution in [2.45, 2.75) is 38.8 Å². The molecule has 1 saturated heterocycles. The van der Waals surface area contributed by atoms with E-state index in [9.17, 15) is 17.6 Å². The fourth-order valence-corrected chi connectivity index (χ4v) is 5.39. The largest absolute Gasteiger partial charge is 0.319 e. The molecule has 0 spiro atoms. The van der Waals surface area contributed by atoms with Crippen LogP contribution in [0.3, 0.4) is 0 Å². The van der Waals surface area contributed by atoms with Crippen LogP contribution in [0.2, 0.25) is 0 Å². The van der Waals surface area contributed by atoms with Gasteiger partial charge in [-0.15, -0.1) is 0 Å². The minimum absolute atomic E-state index is 0.0107. The van der Waals surface area contributed by atoms with E-state index in [4.69, 9.17) is 0 Å². The lowest BCUT2D eigenvalue weighted by Gasteiger charge is -2.33. The third-order valence-electron chi connectivity index (χ3n) is 7.51. The Hall–Kier alpha value is -3.64. The van der Waals surface area contributed by atoms with E-state index in [0.717, 1.165) is 57.1 Å². The number of alkyl halides is 2. The number of likely N-dealkylation sites (N-methyl/N-ethyl adjacent to an activating group) is 1. The van der Waals surface area contributed by atoms with Crippen LogP contribution in [0.15, 0.2) is 36.7 Å². The number of halogens is 4. The lowest BCUT2D eigenvalue weighted by molar-refractivity contribution is 0.0883. The molecule has 0 saturated carbocycles. The molecule has 2 aliphatic heterocycles. The molecule has 0 amide bonds. The Bertz CT molecular complexity index is 1480. The Balaban J connectivity index is 1.22. The summed E-state index contributed by atoms with van der Waals surface area (Å²) in [4.78, 5) is 21.7. The zero-order valence-electron chi connectivity index (χ0n) is 21.4. The van der Waals surface area contributed by atoms with Gasteiger partial charge in [-0.2, -0.15) is 0 Å². The van der Waals surface area contributed by atoms with E-state index >= 15 is 0 Å². The molecule has 0 bridgehead atoms. The number of aryl methyl sites for hydroxylation is 1. The van der Waals surface area contributed by atoms with Gasteiger partial charge in [-0.05, 0) is 36.7 Å². The fourth-order valence-electron chi connectivity index (χ4n) is 5.39. The molecule has 12 heteroatoms. The second-order valence-corrected chi connectivity index (χ2v) is 9.94. The van der Waals surface area contributed by atoms with Crippen molar-refractivity contribution < 1.29 is 17.6 Å². The minimum Gasteiger partial charge on any atom is -0.319 e. The number of hydrogen-bond donors (Lipinski definition) is 1. The molecule has 1 atom stereocenters. The van der Waals surface area contributed by atoms with Crippen LogP contribution in [0, 0.1) is 11.6 Å². The summed E-state index contributed by atoms with van der Waals surface area (Å²) in [6.07, 6.45) is 0.698. The van der Waals surface area contributed by atoms with Crippen molar-refractivity contribution in [1.29, 1.82) is 0 Å². The number of nitrogens with one attached hydrogen (secondary N) is 1. The Morgan fingerprint density at radius 1 is 0.974 bits per heavy atom. The highest BCUT2D eigenvalue weighted by molar-refractivity contribution is 5.83. The molecule has 5 heterocycles. The molecule has 4 aromatic rings. The maximum atomic E-state index is 15.0. The number of aromatic nitrogens is 5. The molecule has 6 rings (SSSR count). The van der Waals surface area contributed by atoms with Crippen molar-refractivity contribution in [3.8, 4) is 11.3 Å². The molecule has 1 unspecified atom stereocenters. The molecular formula is C27H28F4N8. The number of nitrogens with zero attached hydrogens (tertiary/aromatic N) is 7. The van der Waals surface area contributed by atoms with Crippen molar-refractivity contribution in [1.82, 2.24) is 34.3 Å². The van der Waals surface area contributed by atoms with E-state index < -0.39 is 24.1 Å². The number of anilines is 2. The second-order valence-electron chi connectivity index (χ2n) is 9.94. The van der Waals surface area contributed by atoms with E-state index in [1.807, 2.05) is 6.07 Å². The van der Waals surface area contributed by atoms with Crippen LogP contribution < -0.4 is 5.32 Å². The third-order valence-corrected chi connectivity index (χ3v) is 7.51. The number of imidazole rings is 1. The first-order valence-corrected chi connectivity index (χ1v) is 13.1. The Morgan fingerprint density at radius 3 is 2.49 bits per heavy atom. The first kappa shape index (κ1) is 25.6. The maximum absolute atomic E-state index is 15.0. The predicted octanol–water partition coefficient (Wildman–Crippen LogP) is 4.80. The Kier molecular flexibility index (Phi) is 6.90. The van der Waals surface area contributed by atoms with Gasteiger partial charge in [0.1, 0.15) is 22.9 Å². The van der Waals surface area contributed by atoms with Gasteiger partial charge in [0.2, 0.25) is 5.95 Å². The molecule has 39 heavy (non-hydrogen) atoms. The summed E-state index contributed by atoms with van der Waals surface area (Å²) in [6.45, 7) is 8.18. The molecule has 2 aliphatic rings. The predicted molar refractivity (Wildman–Crippen MR) is 139 cm³/mol. The Labute approximate surface area is 222 Å². The van der Waals surface area contributed by atoms with Gasteiger partial charge in [-0.1, -0.05) is 13.0 Å². The summed E-state index contributed by atoms with van der Waals surface area (Å²) < 4.78 is 58.4. The molecule has 1 fully saturated rings. The standard InChI is InChI=1S/C27H28F4N8/c1-2-37-7-9-38(10-8-37)15-16-3-5-22(32-13-16)34-27-33-14-19(29)24(36-27)17-11-18(28)25-21(12-17)39-20(26(30)31)4-6-23(39)35-25/h3,5,11-14,20,26H,2,4,6-10,15H2,1H3,(H,32,33,34,36). The maximum Gasteiger partial charge on any atom is 0.259 e. The van der Waals surface area contributed by atoms with Crippen LogP contribution in [-0.4, -0.2) is 73.5 Å². The SMILES string of the molecule is CCN1CCN(Cc2ccc(Nc3ncc(F)c(-c4cc(F)c5nc6n(c5c4)C(C(F)F)CC6)n3)nc2)CC1. The zero-order valence-corrected chi connectivity index (χ0v) is 21.4. The lowest BCUT2D eigenvalue weighted by atomic mass is 10.1. The third kappa shape index (κ3) is 5.06. The van der Waals surface area contributed by atoms with E-state index in [1.54, 1.807) is 12.3 Å². The van der Waals surface area contributed by atoms with Gasteiger partial charge in [-0.25, -0.2) is 37.5 Å². The van der Waals surface area contributed by atoms with Crippen molar-refractivity contribution >= 4 is 22.8 Å². The minimum atomic E-state index is -2.62.